The third-order valence-corrected chi connectivity index (χ3v) is 6.19. The van der Waals surface area contributed by atoms with Crippen molar-refractivity contribution in [1.82, 2.24) is 0 Å². The molecule has 0 fully saturated rings. The molecule has 1 atom stereocenters. The number of anilines is 2. The number of carbonyl (C=O) groups is 1. The first kappa shape index (κ1) is 17.7. The minimum Gasteiger partial charge on any atom is -0.422 e. The monoisotopic (exact) mass is 380 g/mol. The van der Waals surface area contributed by atoms with Crippen LogP contribution in [-0.2, 0) is 4.79 Å². The molecule has 1 aliphatic rings. The van der Waals surface area contributed by atoms with E-state index < -0.39 is 11.0 Å². The summed E-state index contributed by atoms with van der Waals surface area (Å²) >= 11 is 1.49. The second kappa shape index (κ2) is 7.12. The van der Waals surface area contributed by atoms with E-state index in [0.29, 0.717) is 11.1 Å². The molecule has 1 amide bonds. The van der Waals surface area contributed by atoms with Crippen LogP contribution >= 0.6 is 11.8 Å². The molecule has 5 nitrogen and oxygen atoms in total. The summed E-state index contributed by atoms with van der Waals surface area (Å²) in [6.45, 7) is 5.96. The number of para-hydroxylation sites is 1. The van der Waals surface area contributed by atoms with Crippen LogP contribution in [0.25, 0.3) is 11.0 Å². The fourth-order valence-corrected chi connectivity index (χ4v) is 4.73. The lowest BCUT2D eigenvalue weighted by molar-refractivity contribution is -0.107. The van der Waals surface area contributed by atoms with Crippen LogP contribution in [0.5, 0.6) is 0 Å². The Kier molecular flexibility index (Phi) is 4.66. The smallest absolute Gasteiger partial charge is 0.342 e. The van der Waals surface area contributed by atoms with Crippen molar-refractivity contribution >= 4 is 40.5 Å². The molecule has 1 aliphatic heterocycles. The van der Waals surface area contributed by atoms with E-state index >= 15 is 0 Å². The molecule has 6 heteroatoms. The SMILES string of the molecule is CCN(CC)c1ccc2cc(C3Sc4ccccc4N3C=O)c(=O)oc2c1. The van der Waals surface area contributed by atoms with E-state index in [-0.39, 0.29) is 0 Å². The van der Waals surface area contributed by atoms with Crippen molar-refractivity contribution in [2.24, 2.45) is 0 Å². The Hall–Kier alpha value is -2.73. The molecule has 27 heavy (non-hydrogen) atoms. The number of hydrogen-bond donors (Lipinski definition) is 0. The van der Waals surface area contributed by atoms with E-state index in [1.807, 2.05) is 48.5 Å². The zero-order valence-electron chi connectivity index (χ0n) is 15.2. The van der Waals surface area contributed by atoms with E-state index in [0.717, 1.165) is 41.2 Å². The molecule has 0 spiro atoms. The molecule has 2 heterocycles. The van der Waals surface area contributed by atoms with Crippen molar-refractivity contribution in [1.29, 1.82) is 0 Å². The zero-order chi connectivity index (χ0) is 19.0. The minimum absolute atomic E-state index is 0.406. The first-order valence-corrected chi connectivity index (χ1v) is 9.86. The fourth-order valence-electron chi connectivity index (χ4n) is 3.47. The van der Waals surface area contributed by atoms with Crippen LogP contribution in [-0.4, -0.2) is 19.5 Å². The third kappa shape index (κ3) is 3.00. The molecule has 0 N–H and O–H groups in total. The van der Waals surface area contributed by atoms with Gasteiger partial charge in [0.2, 0.25) is 6.41 Å². The Morgan fingerprint density at radius 2 is 1.93 bits per heavy atom. The Balaban J connectivity index is 1.77. The van der Waals surface area contributed by atoms with Crippen molar-refractivity contribution in [3.8, 4) is 0 Å². The highest BCUT2D eigenvalue weighted by molar-refractivity contribution is 8.00. The van der Waals surface area contributed by atoms with E-state index in [2.05, 4.69) is 18.7 Å². The summed E-state index contributed by atoms with van der Waals surface area (Å²) in [4.78, 5) is 29.2. The van der Waals surface area contributed by atoms with E-state index in [1.165, 1.54) is 11.8 Å². The maximum absolute atomic E-state index is 12.7. The van der Waals surface area contributed by atoms with Gasteiger partial charge in [-0.25, -0.2) is 4.79 Å². The summed E-state index contributed by atoms with van der Waals surface area (Å²) in [5, 5.41) is 0.436. The maximum Gasteiger partial charge on any atom is 0.342 e. The minimum atomic E-state index is -0.414. The van der Waals surface area contributed by atoms with Gasteiger partial charge < -0.3 is 9.32 Å². The number of benzene rings is 2. The molecular formula is C21H20N2O3S. The van der Waals surface area contributed by atoms with Crippen molar-refractivity contribution in [2.45, 2.75) is 24.1 Å². The topological polar surface area (TPSA) is 53.8 Å². The molecule has 138 valence electrons. The van der Waals surface area contributed by atoms with Gasteiger partial charge in [0, 0.05) is 35.1 Å². The summed E-state index contributed by atoms with van der Waals surface area (Å²) in [7, 11) is 0. The van der Waals surface area contributed by atoms with Gasteiger partial charge in [0.15, 0.2) is 0 Å². The quantitative estimate of drug-likeness (QED) is 0.485. The Morgan fingerprint density at radius 3 is 2.67 bits per heavy atom. The van der Waals surface area contributed by atoms with Gasteiger partial charge in [0.05, 0.1) is 11.3 Å². The summed E-state index contributed by atoms with van der Waals surface area (Å²) in [5.41, 5.74) is 2.48. The standard InChI is InChI=1S/C21H20N2O3S/c1-3-22(4-2)15-10-9-14-11-16(21(25)26-18(14)12-15)20-23(13-24)17-7-5-6-8-19(17)27-20/h5-13,20H,3-4H2,1-2H3. The predicted molar refractivity (Wildman–Crippen MR) is 110 cm³/mol. The Labute approximate surface area is 161 Å². The molecule has 0 saturated carbocycles. The highest BCUT2D eigenvalue weighted by atomic mass is 32.2. The normalized spacial score (nSPS) is 15.8. The lowest BCUT2D eigenvalue weighted by Crippen LogP contribution is -2.25. The van der Waals surface area contributed by atoms with Crippen LogP contribution in [0.2, 0.25) is 0 Å². The van der Waals surface area contributed by atoms with Crippen molar-refractivity contribution in [2.75, 3.05) is 22.9 Å². The summed E-state index contributed by atoms with van der Waals surface area (Å²) in [6.07, 6.45) is 0.774. The molecule has 1 aromatic heterocycles. The summed E-state index contributed by atoms with van der Waals surface area (Å²) in [6, 6.07) is 15.4. The number of nitrogens with zero attached hydrogens (tertiary/aromatic N) is 2. The lowest BCUT2D eigenvalue weighted by atomic mass is 10.1. The molecule has 0 aliphatic carbocycles. The second-order valence-electron chi connectivity index (χ2n) is 6.33. The highest BCUT2D eigenvalue weighted by Crippen LogP contribution is 2.49. The number of fused-ring (bicyclic) bond motifs is 2. The molecule has 2 aromatic carbocycles. The van der Waals surface area contributed by atoms with Gasteiger partial charge in [-0.1, -0.05) is 23.9 Å². The highest BCUT2D eigenvalue weighted by Gasteiger charge is 2.33. The number of rotatable bonds is 5. The van der Waals surface area contributed by atoms with Crippen LogP contribution in [0.3, 0.4) is 0 Å². The fraction of sp³-hybridized carbons (Fsp3) is 0.238. The van der Waals surface area contributed by atoms with Gasteiger partial charge >= 0.3 is 5.63 Å². The number of thioether (sulfide) groups is 1. The molecule has 4 rings (SSSR count). The summed E-state index contributed by atoms with van der Waals surface area (Å²) < 4.78 is 5.64. The van der Waals surface area contributed by atoms with Gasteiger partial charge in [0.25, 0.3) is 0 Å². The van der Waals surface area contributed by atoms with E-state index in [1.54, 1.807) is 4.90 Å². The number of carbonyl (C=O) groups excluding carboxylic acids is 1. The van der Waals surface area contributed by atoms with Gasteiger partial charge in [-0.3, -0.25) is 9.69 Å². The van der Waals surface area contributed by atoms with E-state index in [9.17, 15) is 9.59 Å². The van der Waals surface area contributed by atoms with Gasteiger partial charge in [-0.15, -0.1) is 0 Å². The van der Waals surface area contributed by atoms with Crippen LogP contribution in [0, 0.1) is 0 Å². The summed E-state index contributed by atoms with van der Waals surface area (Å²) in [5.74, 6) is 0. The second-order valence-corrected chi connectivity index (χ2v) is 7.46. The van der Waals surface area contributed by atoms with Gasteiger partial charge in [-0.2, -0.15) is 0 Å². The van der Waals surface area contributed by atoms with Crippen LogP contribution < -0.4 is 15.4 Å². The number of hydrogen-bond acceptors (Lipinski definition) is 5. The van der Waals surface area contributed by atoms with E-state index in [4.69, 9.17) is 4.42 Å². The average Bonchev–Trinajstić information content (AvgIpc) is 3.06. The number of amides is 1. The van der Waals surface area contributed by atoms with Gasteiger partial charge in [-0.05, 0) is 44.2 Å². The zero-order valence-corrected chi connectivity index (χ0v) is 16.0. The molecule has 0 saturated heterocycles. The first-order chi connectivity index (χ1) is 13.2. The molecule has 3 aromatic rings. The molecule has 0 radical (unpaired) electrons. The molecular weight excluding hydrogens is 360 g/mol. The lowest BCUT2D eigenvalue weighted by Gasteiger charge is -2.21. The van der Waals surface area contributed by atoms with Crippen LogP contribution in [0.15, 0.2) is 62.6 Å². The van der Waals surface area contributed by atoms with Crippen LogP contribution in [0.4, 0.5) is 11.4 Å². The predicted octanol–water partition coefficient (Wildman–Crippen LogP) is 4.41. The van der Waals surface area contributed by atoms with Crippen molar-refractivity contribution in [3.05, 3.63) is 64.5 Å². The third-order valence-electron chi connectivity index (χ3n) is 4.89. The largest absolute Gasteiger partial charge is 0.422 e. The van der Waals surface area contributed by atoms with Gasteiger partial charge in [0.1, 0.15) is 11.0 Å². The van der Waals surface area contributed by atoms with Crippen molar-refractivity contribution in [3.63, 3.8) is 0 Å². The Bertz CT molecular complexity index is 1060. The molecule has 1 unspecified atom stereocenters. The molecule has 0 bridgehead atoms. The Morgan fingerprint density at radius 1 is 1.15 bits per heavy atom. The average molecular weight is 380 g/mol. The maximum atomic E-state index is 12.7. The first-order valence-electron chi connectivity index (χ1n) is 8.98. The van der Waals surface area contributed by atoms with Crippen LogP contribution in [0.1, 0.15) is 24.8 Å². The van der Waals surface area contributed by atoms with Crippen molar-refractivity contribution < 1.29 is 9.21 Å².